The van der Waals surface area contributed by atoms with E-state index in [0.29, 0.717) is 41.5 Å². The lowest BCUT2D eigenvalue weighted by molar-refractivity contribution is -0.118. The van der Waals surface area contributed by atoms with Gasteiger partial charge in [0.1, 0.15) is 0 Å². The van der Waals surface area contributed by atoms with Crippen LogP contribution in [0.25, 0.3) is 11.3 Å². The molecule has 0 radical (unpaired) electrons. The zero-order chi connectivity index (χ0) is 28.6. The van der Waals surface area contributed by atoms with Gasteiger partial charge in [0.05, 0.1) is 17.0 Å². The minimum absolute atomic E-state index is 0.0700. The number of fused-ring (bicyclic) bond motifs is 1. The number of carbonyl (C=O) groups is 2. The van der Waals surface area contributed by atoms with Crippen molar-refractivity contribution in [1.29, 1.82) is 0 Å². The van der Waals surface area contributed by atoms with Crippen molar-refractivity contribution in [3.05, 3.63) is 125 Å². The van der Waals surface area contributed by atoms with Crippen LogP contribution in [0.3, 0.4) is 0 Å². The number of hydrogen-bond donors (Lipinski definition) is 3. The normalized spacial score (nSPS) is 13.4. The van der Waals surface area contributed by atoms with Crippen LogP contribution in [0.4, 0.5) is 17.1 Å². The molecule has 4 aromatic rings. The van der Waals surface area contributed by atoms with Crippen LogP contribution in [0, 0.1) is 0 Å². The van der Waals surface area contributed by atoms with Gasteiger partial charge in [0.15, 0.2) is 0 Å². The third-order valence-corrected chi connectivity index (χ3v) is 7.27. The molecular weight excluding hydrogens is 532 g/mol. The number of halogens is 1. The average Bonchev–Trinajstić information content (AvgIpc) is 3.33. The molecule has 1 aliphatic rings. The van der Waals surface area contributed by atoms with E-state index in [0.717, 1.165) is 35.5 Å². The lowest BCUT2D eigenvalue weighted by Gasteiger charge is -2.23. The number of carbonyl (C=O) groups excluding carboxylic acids is 2. The molecule has 1 aliphatic heterocycles. The third-order valence-electron chi connectivity index (χ3n) is 7.04. The molecule has 6 nitrogen and oxygen atoms in total. The molecular formula is C34H33ClN4O2. The number of nitrogens with one attached hydrogen (secondary N) is 3. The average molecular weight is 565 g/mol. The third kappa shape index (κ3) is 6.85. The van der Waals surface area contributed by atoms with Crippen LogP contribution >= 0.6 is 11.6 Å². The van der Waals surface area contributed by atoms with Crippen molar-refractivity contribution in [3.63, 3.8) is 0 Å². The first kappa shape index (κ1) is 28.1. The van der Waals surface area contributed by atoms with Gasteiger partial charge in [0, 0.05) is 41.5 Å². The number of rotatable bonds is 11. The van der Waals surface area contributed by atoms with Crippen molar-refractivity contribution < 1.29 is 9.59 Å². The molecule has 0 spiro atoms. The van der Waals surface area contributed by atoms with Crippen molar-refractivity contribution in [1.82, 2.24) is 5.32 Å². The summed E-state index contributed by atoms with van der Waals surface area (Å²) in [6, 6.07) is 33.3. The molecule has 41 heavy (non-hydrogen) atoms. The van der Waals surface area contributed by atoms with Crippen LogP contribution < -0.4 is 20.9 Å². The van der Waals surface area contributed by atoms with Gasteiger partial charge >= 0.3 is 0 Å². The maximum atomic E-state index is 13.1. The second-order valence-electron chi connectivity index (χ2n) is 9.82. The van der Waals surface area contributed by atoms with E-state index in [9.17, 15) is 9.59 Å². The second-order valence-corrected chi connectivity index (χ2v) is 10.3. The van der Waals surface area contributed by atoms with Crippen LogP contribution in [0.1, 0.15) is 30.0 Å². The second kappa shape index (κ2) is 13.3. The highest BCUT2D eigenvalue weighted by Crippen LogP contribution is 2.38. The number of amides is 2. The summed E-state index contributed by atoms with van der Waals surface area (Å²) in [5, 5.41) is 10.4. The van der Waals surface area contributed by atoms with E-state index < -0.39 is 0 Å². The van der Waals surface area contributed by atoms with E-state index in [2.05, 4.69) is 28.1 Å². The van der Waals surface area contributed by atoms with Crippen molar-refractivity contribution in [2.24, 2.45) is 0 Å². The van der Waals surface area contributed by atoms with Gasteiger partial charge in [-0.3, -0.25) is 9.59 Å². The lowest BCUT2D eigenvalue weighted by Crippen LogP contribution is -2.37. The Balaban J connectivity index is 1.33. The fourth-order valence-electron chi connectivity index (χ4n) is 4.93. The van der Waals surface area contributed by atoms with E-state index in [1.165, 1.54) is 5.56 Å². The van der Waals surface area contributed by atoms with Crippen molar-refractivity contribution >= 4 is 51.7 Å². The van der Waals surface area contributed by atoms with Gasteiger partial charge < -0.3 is 20.9 Å². The highest BCUT2D eigenvalue weighted by Gasteiger charge is 2.28. The van der Waals surface area contributed by atoms with Gasteiger partial charge in [-0.25, -0.2) is 0 Å². The summed E-state index contributed by atoms with van der Waals surface area (Å²) < 4.78 is 0. The van der Waals surface area contributed by atoms with Crippen molar-refractivity contribution in [2.75, 3.05) is 35.2 Å². The monoisotopic (exact) mass is 564 g/mol. The van der Waals surface area contributed by atoms with Gasteiger partial charge in [0.2, 0.25) is 5.91 Å². The SMILES string of the molecule is CCC(=O)N(CCNCCc1ccccc1)c1ccc(N/C(=C2\C(=O)Nc3cc(Cl)ccc32)c2ccccc2)cc1. The highest BCUT2D eigenvalue weighted by atomic mass is 35.5. The summed E-state index contributed by atoms with van der Waals surface area (Å²) in [6.07, 6.45) is 1.37. The van der Waals surface area contributed by atoms with Crippen LogP contribution in [0.15, 0.2) is 103 Å². The fraction of sp³-hybridized carbons (Fsp3) is 0.176. The molecule has 0 saturated carbocycles. The van der Waals surface area contributed by atoms with Crippen LogP contribution in [-0.2, 0) is 16.0 Å². The van der Waals surface area contributed by atoms with Crippen LogP contribution in [0.2, 0.25) is 5.02 Å². The smallest absolute Gasteiger partial charge is 0.258 e. The zero-order valence-corrected chi connectivity index (χ0v) is 23.7. The highest BCUT2D eigenvalue weighted by molar-refractivity contribution is 6.38. The maximum absolute atomic E-state index is 13.1. The molecule has 0 unspecified atom stereocenters. The number of hydrogen-bond acceptors (Lipinski definition) is 4. The molecule has 1 heterocycles. The minimum atomic E-state index is -0.190. The van der Waals surface area contributed by atoms with Gasteiger partial charge in [0.25, 0.3) is 5.91 Å². The summed E-state index contributed by atoms with van der Waals surface area (Å²) in [6.45, 7) is 4.00. The molecule has 2 amide bonds. The van der Waals surface area contributed by atoms with E-state index >= 15 is 0 Å². The summed E-state index contributed by atoms with van der Waals surface area (Å²) in [4.78, 5) is 27.8. The van der Waals surface area contributed by atoms with E-state index in [1.807, 2.05) is 90.7 Å². The van der Waals surface area contributed by atoms with Gasteiger partial charge in [-0.1, -0.05) is 85.3 Å². The first-order chi connectivity index (χ1) is 20.0. The van der Waals surface area contributed by atoms with Gasteiger partial charge in [-0.2, -0.15) is 0 Å². The van der Waals surface area contributed by atoms with E-state index in [4.69, 9.17) is 11.6 Å². The Morgan fingerprint density at radius 1 is 0.878 bits per heavy atom. The largest absolute Gasteiger partial charge is 0.354 e. The molecule has 5 rings (SSSR count). The predicted octanol–water partition coefficient (Wildman–Crippen LogP) is 6.85. The predicted molar refractivity (Wildman–Crippen MR) is 169 cm³/mol. The lowest BCUT2D eigenvalue weighted by atomic mass is 10.00. The van der Waals surface area contributed by atoms with Crippen molar-refractivity contribution in [2.45, 2.75) is 19.8 Å². The Labute approximate surface area is 246 Å². The number of anilines is 3. The Kier molecular flexibility index (Phi) is 9.14. The molecule has 0 atom stereocenters. The molecule has 3 N–H and O–H groups in total. The van der Waals surface area contributed by atoms with E-state index in [-0.39, 0.29) is 11.8 Å². The molecule has 0 aliphatic carbocycles. The minimum Gasteiger partial charge on any atom is -0.354 e. The van der Waals surface area contributed by atoms with Gasteiger partial charge in [-0.15, -0.1) is 0 Å². The summed E-state index contributed by atoms with van der Waals surface area (Å²) in [5.41, 5.74) is 6.54. The first-order valence-electron chi connectivity index (χ1n) is 13.9. The Morgan fingerprint density at radius 2 is 1.59 bits per heavy atom. The summed E-state index contributed by atoms with van der Waals surface area (Å²) in [7, 11) is 0. The number of nitrogens with zero attached hydrogens (tertiary/aromatic N) is 1. The Morgan fingerprint density at radius 3 is 2.29 bits per heavy atom. The first-order valence-corrected chi connectivity index (χ1v) is 14.2. The summed E-state index contributed by atoms with van der Waals surface area (Å²) >= 11 is 6.18. The van der Waals surface area contributed by atoms with Crippen molar-refractivity contribution in [3.8, 4) is 0 Å². The summed E-state index contributed by atoms with van der Waals surface area (Å²) in [5.74, 6) is -0.120. The molecule has 4 aromatic carbocycles. The van der Waals surface area contributed by atoms with Crippen LogP contribution in [0.5, 0.6) is 0 Å². The fourth-order valence-corrected chi connectivity index (χ4v) is 5.10. The van der Waals surface area contributed by atoms with Crippen LogP contribution in [-0.4, -0.2) is 31.4 Å². The zero-order valence-electron chi connectivity index (χ0n) is 23.0. The topological polar surface area (TPSA) is 73.5 Å². The maximum Gasteiger partial charge on any atom is 0.258 e. The van der Waals surface area contributed by atoms with E-state index in [1.54, 1.807) is 12.1 Å². The Bertz CT molecular complexity index is 1540. The molecule has 7 heteroatoms. The molecule has 0 fully saturated rings. The molecule has 0 saturated heterocycles. The van der Waals surface area contributed by atoms with Gasteiger partial charge in [-0.05, 0) is 60.5 Å². The number of benzene rings is 4. The standard InChI is InChI=1S/C34H33ClN4O2/c1-2-31(40)39(22-21-36-20-19-24-9-5-3-6-10-24)28-16-14-27(15-17-28)37-33(25-11-7-4-8-12-25)32-29-18-13-26(35)23-30(29)38-34(32)41/h3-18,23,36-37H,2,19-22H2,1H3,(H,38,41)/b33-32-. The Hall–Kier alpha value is -4.39. The molecule has 208 valence electrons. The molecule has 0 bridgehead atoms. The quantitative estimate of drug-likeness (QED) is 0.138. The molecule has 0 aromatic heterocycles.